The van der Waals surface area contributed by atoms with Crippen LogP contribution in [0.5, 0.6) is 5.75 Å². The maximum atomic E-state index is 11.8. The lowest BCUT2D eigenvalue weighted by Crippen LogP contribution is -2.02. The molecule has 0 bridgehead atoms. The minimum Gasteiger partial charge on any atom is -0.497 e. The third-order valence-corrected chi connectivity index (χ3v) is 5.19. The van der Waals surface area contributed by atoms with Crippen LogP contribution in [0.25, 0.3) is 17.5 Å². The van der Waals surface area contributed by atoms with Crippen molar-refractivity contribution in [3.63, 3.8) is 0 Å². The molecule has 144 valence electrons. The van der Waals surface area contributed by atoms with Crippen LogP contribution in [0.1, 0.15) is 12.5 Å². The molecule has 0 aliphatic carbocycles. The Labute approximate surface area is 171 Å². The molecule has 0 saturated carbocycles. The fraction of sp³-hybridized carbons (Fsp3) is 0.150. The van der Waals surface area contributed by atoms with Gasteiger partial charge in [-0.25, -0.2) is 4.79 Å². The molecule has 6 nitrogen and oxygen atoms in total. The summed E-state index contributed by atoms with van der Waals surface area (Å²) in [6, 6.07) is 14.5. The van der Waals surface area contributed by atoms with E-state index in [4.69, 9.17) is 16.3 Å². The van der Waals surface area contributed by atoms with E-state index in [2.05, 4.69) is 10.2 Å². The molecule has 0 spiro atoms. The average molecular weight is 416 g/mol. The van der Waals surface area contributed by atoms with Crippen molar-refractivity contribution in [1.29, 1.82) is 0 Å². The molecule has 0 atom stereocenters. The summed E-state index contributed by atoms with van der Waals surface area (Å²) in [5.74, 6) is 0.282. The highest BCUT2D eigenvalue weighted by molar-refractivity contribution is 8.04. The minimum atomic E-state index is -1.04. The normalized spacial score (nSPS) is 11.5. The zero-order valence-corrected chi connectivity index (χ0v) is 16.9. The van der Waals surface area contributed by atoms with Crippen molar-refractivity contribution in [2.24, 2.45) is 0 Å². The topological polar surface area (TPSA) is 77.2 Å². The number of carboxylic acids is 1. The minimum absolute atomic E-state index is 0.137. The Morgan fingerprint density at radius 3 is 2.64 bits per heavy atom. The van der Waals surface area contributed by atoms with Gasteiger partial charge in [0.05, 0.1) is 7.11 Å². The molecule has 3 aromatic rings. The molecular formula is C20H18ClN3O3S. The second-order valence-corrected chi connectivity index (χ2v) is 7.20. The monoisotopic (exact) mass is 415 g/mol. The van der Waals surface area contributed by atoms with Gasteiger partial charge in [-0.3, -0.25) is 0 Å². The standard InChI is InChI=1S/C20H18ClN3O3S/c1-3-24-18(14-7-9-15(21)10-8-14)22-23-20(24)28-17(19(25)26)12-13-5-4-6-16(11-13)27-2/h4-12H,3H2,1-2H3,(H,25,26)/b17-12+. The Balaban J connectivity index is 1.94. The summed E-state index contributed by atoms with van der Waals surface area (Å²) >= 11 is 7.01. The van der Waals surface area contributed by atoms with E-state index in [9.17, 15) is 9.90 Å². The van der Waals surface area contributed by atoms with Gasteiger partial charge in [0.15, 0.2) is 11.0 Å². The van der Waals surface area contributed by atoms with Crippen molar-refractivity contribution in [2.75, 3.05) is 7.11 Å². The highest BCUT2D eigenvalue weighted by Gasteiger charge is 2.18. The SMILES string of the molecule is CCn1c(S/C(=C/c2cccc(OC)c2)C(=O)O)nnc1-c1ccc(Cl)cc1. The number of carboxylic acid groups (broad SMARTS) is 1. The molecule has 0 unspecified atom stereocenters. The first-order valence-corrected chi connectivity index (χ1v) is 9.67. The molecule has 0 fully saturated rings. The van der Waals surface area contributed by atoms with Crippen molar-refractivity contribution in [3.8, 4) is 17.1 Å². The summed E-state index contributed by atoms with van der Waals surface area (Å²) in [6.07, 6.45) is 1.59. The molecule has 0 saturated heterocycles. The number of halogens is 1. The lowest BCUT2D eigenvalue weighted by molar-refractivity contribution is -0.131. The predicted octanol–water partition coefficient (Wildman–Crippen LogP) is 4.84. The smallest absolute Gasteiger partial charge is 0.342 e. The second-order valence-electron chi connectivity index (χ2n) is 5.75. The van der Waals surface area contributed by atoms with Crippen LogP contribution in [-0.2, 0) is 11.3 Å². The van der Waals surface area contributed by atoms with E-state index >= 15 is 0 Å². The number of methoxy groups -OCH3 is 1. The van der Waals surface area contributed by atoms with Crippen LogP contribution >= 0.6 is 23.4 Å². The van der Waals surface area contributed by atoms with Gasteiger partial charge in [-0.05, 0) is 66.7 Å². The average Bonchev–Trinajstić information content (AvgIpc) is 3.10. The van der Waals surface area contributed by atoms with E-state index in [-0.39, 0.29) is 4.91 Å². The Morgan fingerprint density at radius 1 is 1.25 bits per heavy atom. The molecule has 2 aromatic carbocycles. The van der Waals surface area contributed by atoms with E-state index in [1.807, 2.05) is 35.8 Å². The summed E-state index contributed by atoms with van der Waals surface area (Å²) in [4.78, 5) is 11.9. The second kappa shape index (κ2) is 8.95. The molecule has 0 aliphatic rings. The molecule has 1 heterocycles. The largest absolute Gasteiger partial charge is 0.497 e. The van der Waals surface area contributed by atoms with Gasteiger partial charge in [0, 0.05) is 17.1 Å². The van der Waals surface area contributed by atoms with Crippen molar-refractivity contribution >= 4 is 35.4 Å². The Hall–Kier alpha value is -2.77. The van der Waals surface area contributed by atoms with E-state index in [1.54, 1.807) is 37.5 Å². The summed E-state index contributed by atoms with van der Waals surface area (Å²) in [7, 11) is 1.57. The van der Waals surface area contributed by atoms with Crippen molar-refractivity contribution in [2.45, 2.75) is 18.6 Å². The van der Waals surface area contributed by atoms with Crippen LogP contribution < -0.4 is 4.74 Å². The molecule has 0 radical (unpaired) electrons. The summed E-state index contributed by atoms with van der Waals surface area (Å²) in [6.45, 7) is 2.55. The number of benzene rings is 2. The maximum absolute atomic E-state index is 11.8. The molecule has 0 amide bonds. The first-order chi connectivity index (χ1) is 13.5. The third kappa shape index (κ3) is 4.55. The summed E-state index contributed by atoms with van der Waals surface area (Å²) < 4.78 is 7.06. The van der Waals surface area contributed by atoms with Crippen molar-refractivity contribution in [1.82, 2.24) is 14.8 Å². The fourth-order valence-corrected chi connectivity index (χ4v) is 3.59. The van der Waals surface area contributed by atoms with Gasteiger partial charge >= 0.3 is 5.97 Å². The van der Waals surface area contributed by atoms with E-state index < -0.39 is 5.97 Å². The van der Waals surface area contributed by atoms with Crippen LogP contribution in [0.4, 0.5) is 0 Å². The van der Waals surface area contributed by atoms with Crippen LogP contribution in [-0.4, -0.2) is 33.0 Å². The quantitative estimate of drug-likeness (QED) is 0.439. The zero-order chi connectivity index (χ0) is 20.1. The van der Waals surface area contributed by atoms with E-state index in [1.165, 1.54) is 0 Å². The Morgan fingerprint density at radius 2 is 2.00 bits per heavy atom. The molecule has 3 rings (SSSR count). The molecule has 8 heteroatoms. The van der Waals surface area contributed by atoms with Gasteiger partial charge in [-0.2, -0.15) is 0 Å². The molecular weight excluding hydrogens is 398 g/mol. The number of nitrogens with zero attached hydrogens (tertiary/aromatic N) is 3. The summed E-state index contributed by atoms with van der Waals surface area (Å²) in [5, 5.41) is 19.2. The number of rotatable bonds is 7. The van der Waals surface area contributed by atoms with Gasteiger partial charge in [0.2, 0.25) is 0 Å². The van der Waals surface area contributed by atoms with Gasteiger partial charge in [0.1, 0.15) is 10.7 Å². The van der Waals surface area contributed by atoms with Gasteiger partial charge in [-0.15, -0.1) is 10.2 Å². The maximum Gasteiger partial charge on any atom is 0.342 e. The van der Waals surface area contributed by atoms with Crippen LogP contribution in [0.15, 0.2) is 58.6 Å². The van der Waals surface area contributed by atoms with Crippen LogP contribution in [0.3, 0.4) is 0 Å². The van der Waals surface area contributed by atoms with E-state index in [0.29, 0.717) is 28.3 Å². The number of aliphatic carboxylic acids is 1. The van der Waals surface area contributed by atoms with E-state index in [0.717, 1.165) is 22.9 Å². The molecule has 1 N–H and O–H groups in total. The van der Waals surface area contributed by atoms with Crippen molar-refractivity contribution in [3.05, 3.63) is 64.0 Å². The number of hydrogen-bond acceptors (Lipinski definition) is 5. The lowest BCUT2D eigenvalue weighted by atomic mass is 10.2. The van der Waals surface area contributed by atoms with Gasteiger partial charge in [-0.1, -0.05) is 23.7 Å². The lowest BCUT2D eigenvalue weighted by Gasteiger charge is -2.08. The Kier molecular flexibility index (Phi) is 6.38. The Bertz CT molecular complexity index is 1020. The van der Waals surface area contributed by atoms with Gasteiger partial charge < -0.3 is 14.4 Å². The van der Waals surface area contributed by atoms with Crippen LogP contribution in [0, 0.1) is 0 Å². The number of hydrogen-bond donors (Lipinski definition) is 1. The highest BCUT2D eigenvalue weighted by Crippen LogP contribution is 2.31. The highest BCUT2D eigenvalue weighted by atomic mass is 35.5. The van der Waals surface area contributed by atoms with Gasteiger partial charge in [0.25, 0.3) is 0 Å². The fourth-order valence-electron chi connectivity index (χ4n) is 2.58. The number of ether oxygens (including phenoxy) is 1. The molecule has 1 aromatic heterocycles. The zero-order valence-electron chi connectivity index (χ0n) is 15.3. The summed E-state index contributed by atoms with van der Waals surface area (Å²) in [5.41, 5.74) is 1.59. The first kappa shape index (κ1) is 20.0. The third-order valence-electron chi connectivity index (χ3n) is 3.94. The first-order valence-electron chi connectivity index (χ1n) is 8.48. The predicted molar refractivity (Wildman–Crippen MR) is 111 cm³/mol. The number of aromatic nitrogens is 3. The molecule has 28 heavy (non-hydrogen) atoms. The molecule has 0 aliphatic heterocycles. The van der Waals surface area contributed by atoms with Crippen molar-refractivity contribution < 1.29 is 14.6 Å². The number of carbonyl (C=O) groups is 1. The van der Waals surface area contributed by atoms with Crippen LogP contribution in [0.2, 0.25) is 5.02 Å². The number of thioether (sulfide) groups is 1.